The van der Waals surface area contributed by atoms with Crippen molar-refractivity contribution in [1.29, 1.82) is 0 Å². The van der Waals surface area contributed by atoms with Gasteiger partial charge in [-0.2, -0.15) is 0 Å². The average Bonchev–Trinajstić information content (AvgIpc) is 3.09. The third-order valence-corrected chi connectivity index (χ3v) is 9.34. The van der Waals surface area contributed by atoms with Gasteiger partial charge in [-0.3, -0.25) is 0 Å². The van der Waals surface area contributed by atoms with Crippen molar-refractivity contribution in [3.05, 3.63) is 71.8 Å². The van der Waals surface area contributed by atoms with Crippen LogP contribution in [0.2, 0.25) is 0 Å². The molecule has 5 rings (SSSR count). The molecule has 1 aliphatic heterocycles. The molecule has 0 saturated carbocycles. The quantitative estimate of drug-likeness (QED) is 0.401. The van der Waals surface area contributed by atoms with E-state index < -0.39 is 10.0 Å². The summed E-state index contributed by atoms with van der Waals surface area (Å²) in [5.74, 6) is 1.02. The van der Waals surface area contributed by atoms with Crippen molar-refractivity contribution in [1.82, 2.24) is 14.9 Å². The van der Waals surface area contributed by atoms with Gasteiger partial charge in [0, 0.05) is 24.5 Å². The lowest BCUT2D eigenvalue weighted by Crippen LogP contribution is -2.42. The van der Waals surface area contributed by atoms with Crippen LogP contribution < -0.4 is 10.0 Å². The first-order valence-corrected chi connectivity index (χ1v) is 14.7. The summed E-state index contributed by atoms with van der Waals surface area (Å²) in [4.78, 5) is 2.72. The third-order valence-electron chi connectivity index (χ3n) is 7.82. The van der Waals surface area contributed by atoms with Gasteiger partial charge >= 0.3 is 0 Å². The highest BCUT2D eigenvalue weighted by Gasteiger charge is 2.23. The largest absolute Gasteiger partial charge is 0.508 e. The van der Waals surface area contributed by atoms with E-state index >= 15 is 0 Å². The van der Waals surface area contributed by atoms with Gasteiger partial charge in [0.15, 0.2) is 0 Å². The summed E-state index contributed by atoms with van der Waals surface area (Å²) in [6.07, 6.45) is 6.70. The molecular formula is C29H37N3O3S. The van der Waals surface area contributed by atoms with Crippen LogP contribution in [0.15, 0.2) is 65.6 Å². The predicted molar refractivity (Wildman–Crippen MR) is 145 cm³/mol. The van der Waals surface area contributed by atoms with E-state index in [1.54, 1.807) is 18.2 Å². The molecule has 1 saturated heterocycles. The van der Waals surface area contributed by atoms with E-state index in [0.717, 1.165) is 62.6 Å². The van der Waals surface area contributed by atoms with Crippen LogP contribution in [0.25, 0.3) is 10.8 Å². The predicted octanol–water partition coefficient (Wildman–Crippen LogP) is 4.07. The minimum atomic E-state index is -3.55. The second-order valence-electron chi connectivity index (χ2n) is 10.3. The first kappa shape index (κ1) is 25.2. The van der Waals surface area contributed by atoms with Gasteiger partial charge in [0.1, 0.15) is 5.75 Å². The lowest BCUT2D eigenvalue weighted by molar-refractivity contribution is 0.182. The van der Waals surface area contributed by atoms with Crippen LogP contribution in [0.4, 0.5) is 0 Å². The number of phenols is 1. The number of likely N-dealkylation sites (tertiary alicyclic amines) is 1. The van der Waals surface area contributed by atoms with Gasteiger partial charge in [0.05, 0.1) is 4.90 Å². The van der Waals surface area contributed by atoms with Gasteiger partial charge in [-0.1, -0.05) is 42.5 Å². The standard InChI is InChI=1S/C29H37N3O3S/c33-27-12-11-23-6-3-8-26(19-25(23)20-27)30-21-22-13-16-32(17-14-22)18-15-31-36(34,35)29-10-4-7-24-5-1-2-9-28(24)29/h1-2,4-5,7,9-12,20,22,26,30-31,33H,3,6,8,13-19,21H2. The molecule has 1 fully saturated rings. The molecule has 0 radical (unpaired) electrons. The molecule has 3 aromatic rings. The third kappa shape index (κ3) is 6.09. The van der Waals surface area contributed by atoms with Crippen molar-refractivity contribution >= 4 is 20.8 Å². The highest BCUT2D eigenvalue weighted by atomic mass is 32.2. The average molecular weight is 508 g/mol. The molecule has 3 N–H and O–H groups in total. The number of aryl methyl sites for hydroxylation is 1. The number of fused-ring (bicyclic) bond motifs is 2. The highest BCUT2D eigenvalue weighted by molar-refractivity contribution is 7.89. The minimum Gasteiger partial charge on any atom is -0.508 e. The van der Waals surface area contributed by atoms with E-state index in [-0.39, 0.29) is 0 Å². The van der Waals surface area contributed by atoms with Gasteiger partial charge in [-0.25, -0.2) is 13.1 Å². The van der Waals surface area contributed by atoms with E-state index in [4.69, 9.17) is 0 Å². The fraction of sp³-hybridized carbons (Fsp3) is 0.448. The number of hydrogen-bond donors (Lipinski definition) is 3. The number of hydrogen-bond acceptors (Lipinski definition) is 5. The van der Waals surface area contributed by atoms with E-state index in [1.165, 1.54) is 24.0 Å². The number of nitrogens with one attached hydrogen (secondary N) is 2. The van der Waals surface area contributed by atoms with Crippen LogP contribution in [-0.2, 0) is 22.9 Å². The number of rotatable bonds is 8. The molecule has 0 aromatic heterocycles. The van der Waals surface area contributed by atoms with Crippen molar-refractivity contribution in [3.63, 3.8) is 0 Å². The fourth-order valence-corrected chi connectivity index (χ4v) is 6.97. The summed E-state index contributed by atoms with van der Waals surface area (Å²) in [7, 11) is -3.55. The van der Waals surface area contributed by atoms with Gasteiger partial charge in [0.2, 0.25) is 10.0 Å². The SMILES string of the molecule is O=S(=O)(NCCN1CCC(CNC2CCCc3ccc(O)cc3C2)CC1)c1cccc2ccccc12. The molecule has 1 aliphatic carbocycles. The molecule has 3 aromatic carbocycles. The summed E-state index contributed by atoms with van der Waals surface area (Å²) in [6.45, 7) is 4.18. The summed E-state index contributed by atoms with van der Waals surface area (Å²) in [5.41, 5.74) is 2.66. The number of sulfonamides is 1. The Bertz CT molecular complexity index is 1280. The molecule has 7 heteroatoms. The van der Waals surface area contributed by atoms with Crippen molar-refractivity contribution in [2.45, 2.75) is 49.5 Å². The van der Waals surface area contributed by atoms with Crippen LogP contribution in [0, 0.1) is 5.92 Å². The lowest BCUT2D eigenvalue weighted by atomic mass is 9.95. The molecule has 1 atom stereocenters. The van der Waals surface area contributed by atoms with Crippen LogP contribution in [0.3, 0.4) is 0 Å². The summed E-state index contributed by atoms with van der Waals surface area (Å²) in [5, 5.41) is 15.4. The van der Waals surface area contributed by atoms with Gasteiger partial charge in [-0.15, -0.1) is 0 Å². The van der Waals surface area contributed by atoms with Crippen molar-refractivity contribution in [2.24, 2.45) is 5.92 Å². The Balaban J connectivity index is 1.06. The second-order valence-corrected chi connectivity index (χ2v) is 12.0. The Hall–Kier alpha value is -2.45. The van der Waals surface area contributed by atoms with Crippen LogP contribution >= 0.6 is 0 Å². The zero-order chi connectivity index (χ0) is 25.0. The van der Waals surface area contributed by atoms with Crippen molar-refractivity contribution in [2.75, 3.05) is 32.7 Å². The van der Waals surface area contributed by atoms with Gasteiger partial charge < -0.3 is 15.3 Å². The molecular weight excluding hydrogens is 470 g/mol. The minimum absolute atomic E-state index is 0.349. The smallest absolute Gasteiger partial charge is 0.241 e. The van der Waals surface area contributed by atoms with Crippen LogP contribution in [-0.4, -0.2) is 57.2 Å². The molecule has 6 nitrogen and oxygen atoms in total. The van der Waals surface area contributed by atoms with Crippen molar-refractivity contribution in [3.8, 4) is 5.75 Å². The first-order chi connectivity index (χ1) is 17.5. The van der Waals surface area contributed by atoms with E-state index in [0.29, 0.717) is 29.1 Å². The number of nitrogens with zero attached hydrogens (tertiary/aromatic N) is 1. The zero-order valence-electron chi connectivity index (χ0n) is 20.8. The first-order valence-electron chi connectivity index (χ1n) is 13.2. The highest BCUT2D eigenvalue weighted by Crippen LogP contribution is 2.25. The molecule has 2 aliphatic rings. The maximum Gasteiger partial charge on any atom is 0.241 e. The van der Waals surface area contributed by atoms with E-state index in [2.05, 4.69) is 21.0 Å². The monoisotopic (exact) mass is 507 g/mol. The Morgan fingerprint density at radius 2 is 1.75 bits per heavy atom. The molecule has 0 spiro atoms. The topological polar surface area (TPSA) is 81.7 Å². The number of benzene rings is 3. The maximum absolute atomic E-state index is 12.9. The summed E-state index contributed by atoms with van der Waals surface area (Å²) >= 11 is 0. The van der Waals surface area contributed by atoms with Crippen molar-refractivity contribution < 1.29 is 13.5 Å². The lowest BCUT2D eigenvalue weighted by Gasteiger charge is -2.33. The Morgan fingerprint density at radius 3 is 2.61 bits per heavy atom. The van der Waals surface area contributed by atoms with Gasteiger partial charge in [-0.05, 0) is 98.8 Å². The number of piperidine rings is 1. The maximum atomic E-state index is 12.9. The Morgan fingerprint density at radius 1 is 0.944 bits per heavy atom. The zero-order valence-corrected chi connectivity index (χ0v) is 21.6. The molecule has 1 unspecified atom stereocenters. The van der Waals surface area contributed by atoms with Gasteiger partial charge in [0.25, 0.3) is 0 Å². The Kier molecular flexibility index (Phi) is 7.91. The summed E-state index contributed by atoms with van der Waals surface area (Å²) in [6, 6.07) is 19.3. The van der Waals surface area contributed by atoms with E-state index in [1.807, 2.05) is 36.4 Å². The van der Waals surface area contributed by atoms with E-state index in [9.17, 15) is 13.5 Å². The Labute approximate surface area is 214 Å². The van der Waals surface area contributed by atoms with Crippen LogP contribution in [0.5, 0.6) is 5.75 Å². The van der Waals surface area contributed by atoms with Crippen LogP contribution in [0.1, 0.15) is 36.8 Å². The number of aromatic hydroxyl groups is 1. The fourth-order valence-electron chi connectivity index (χ4n) is 5.72. The number of phenolic OH excluding ortho intramolecular Hbond substituents is 1. The molecule has 1 heterocycles. The summed E-state index contributed by atoms with van der Waals surface area (Å²) < 4.78 is 28.7. The molecule has 192 valence electrons. The molecule has 0 bridgehead atoms. The molecule has 0 amide bonds. The molecule has 36 heavy (non-hydrogen) atoms. The second kappa shape index (κ2) is 11.3. The normalized spacial score (nSPS) is 19.7.